The Bertz CT molecular complexity index is 691. The van der Waals surface area contributed by atoms with Gasteiger partial charge in [-0.1, -0.05) is 17.7 Å². The van der Waals surface area contributed by atoms with Gasteiger partial charge < -0.3 is 15.8 Å². The van der Waals surface area contributed by atoms with Crippen molar-refractivity contribution < 1.29 is 23.4 Å². The molecule has 21 heavy (non-hydrogen) atoms. The van der Waals surface area contributed by atoms with E-state index in [4.69, 9.17) is 17.3 Å². The first kappa shape index (κ1) is 19.3. The molecule has 1 heterocycles. The second kappa shape index (κ2) is 7.94. The molecule has 0 bridgehead atoms. The number of rotatable bonds is 1. The number of halogens is 1. The van der Waals surface area contributed by atoms with Gasteiger partial charge in [-0.15, -0.1) is 0 Å². The van der Waals surface area contributed by atoms with Crippen molar-refractivity contribution >= 4 is 27.4 Å². The maximum absolute atomic E-state index is 10.6. The molecule has 0 atom stereocenters. The Morgan fingerprint density at radius 2 is 1.86 bits per heavy atom. The van der Waals surface area contributed by atoms with Gasteiger partial charge in [0.1, 0.15) is 10.1 Å². The van der Waals surface area contributed by atoms with Crippen LogP contribution in [0.4, 0.5) is 5.69 Å². The summed E-state index contributed by atoms with van der Waals surface area (Å²) < 4.78 is 31.9. The lowest BCUT2D eigenvalue weighted by Gasteiger charge is -2.11. The number of aromatic nitrogens is 1. The van der Waals surface area contributed by atoms with Gasteiger partial charge in [-0.25, -0.2) is 13.4 Å². The summed E-state index contributed by atoms with van der Waals surface area (Å²) in [6.07, 6.45) is 1.91. The normalized spacial score (nSPS) is 10.1. The smallest absolute Gasteiger partial charge is 0.176 e. The van der Waals surface area contributed by atoms with Crippen molar-refractivity contribution in [3.05, 3.63) is 52.8 Å². The highest BCUT2D eigenvalue weighted by Crippen LogP contribution is 2.25. The average molecular weight is 333 g/mol. The van der Waals surface area contributed by atoms with E-state index in [0.29, 0.717) is 10.6 Å². The van der Waals surface area contributed by atoms with E-state index in [1.807, 2.05) is 31.3 Å². The Labute approximate surface area is 128 Å². The number of nitrogens with two attached hydrogens (primary N) is 1. The summed E-state index contributed by atoms with van der Waals surface area (Å²) in [6, 6.07) is 8.42. The van der Waals surface area contributed by atoms with Crippen LogP contribution >= 0.6 is 11.6 Å². The van der Waals surface area contributed by atoms with Crippen molar-refractivity contribution in [2.75, 3.05) is 5.73 Å². The summed E-state index contributed by atoms with van der Waals surface area (Å²) in [5.74, 6) is 0. The van der Waals surface area contributed by atoms with Crippen LogP contribution in [0.2, 0.25) is 5.02 Å². The summed E-state index contributed by atoms with van der Waals surface area (Å²) in [6.45, 7) is 3.62. The van der Waals surface area contributed by atoms with Crippen LogP contribution in [0.25, 0.3) is 0 Å². The topological polar surface area (TPSA) is 129 Å². The molecule has 0 aliphatic heterocycles. The summed E-state index contributed by atoms with van der Waals surface area (Å²) in [5, 5.41) is 0.338. The minimum atomic E-state index is -4.51. The Morgan fingerprint density at radius 3 is 2.24 bits per heavy atom. The van der Waals surface area contributed by atoms with Crippen molar-refractivity contribution in [3.63, 3.8) is 0 Å². The molecule has 6 nitrogen and oxygen atoms in total. The second-order valence-corrected chi connectivity index (χ2v) is 5.89. The predicted octanol–water partition coefficient (Wildman–Crippen LogP) is 1.12. The monoisotopic (exact) mass is 332 g/mol. The number of aromatic amines is 1. The first-order valence-corrected chi connectivity index (χ1v) is 7.45. The number of H-pyrrole nitrogens is 1. The average Bonchev–Trinajstić information content (AvgIpc) is 2.34. The SMILES string of the molecule is Cc1cc(S(=O)(=O)[O-])c(N)cc1Cl.Cc1cccc[nH+]1.O. The Kier molecular flexibility index (Phi) is 7.31. The molecular weight excluding hydrogens is 316 g/mol. The van der Waals surface area contributed by atoms with Crippen LogP contribution in [0.3, 0.4) is 0 Å². The molecule has 0 unspecified atom stereocenters. The van der Waals surface area contributed by atoms with Crippen molar-refractivity contribution in [3.8, 4) is 0 Å². The molecule has 1 aromatic carbocycles. The lowest BCUT2D eigenvalue weighted by molar-refractivity contribution is -0.387. The van der Waals surface area contributed by atoms with Crippen LogP contribution in [-0.2, 0) is 10.1 Å². The lowest BCUT2D eigenvalue weighted by atomic mass is 10.2. The molecule has 0 radical (unpaired) electrons. The van der Waals surface area contributed by atoms with Crippen molar-refractivity contribution in [2.45, 2.75) is 18.7 Å². The van der Waals surface area contributed by atoms with E-state index in [1.54, 1.807) is 6.92 Å². The maximum atomic E-state index is 10.6. The van der Waals surface area contributed by atoms with E-state index in [9.17, 15) is 13.0 Å². The molecular formula is C13H17ClN2O4S. The van der Waals surface area contributed by atoms with Gasteiger partial charge in [0.25, 0.3) is 0 Å². The highest BCUT2D eigenvalue weighted by molar-refractivity contribution is 7.86. The number of hydrogen-bond acceptors (Lipinski definition) is 4. The van der Waals surface area contributed by atoms with E-state index < -0.39 is 15.0 Å². The molecule has 0 aliphatic rings. The summed E-state index contributed by atoms with van der Waals surface area (Å²) >= 11 is 5.66. The van der Waals surface area contributed by atoms with Crippen LogP contribution in [0, 0.1) is 13.8 Å². The third kappa shape index (κ3) is 6.09. The number of benzene rings is 1. The first-order chi connectivity index (χ1) is 9.21. The Morgan fingerprint density at radius 1 is 1.24 bits per heavy atom. The van der Waals surface area contributed by atoms with Gasteiger partial charge in [-0.05, 0) is 24.6 Å². The van der Waals surface area contributed by atoms with Crippen LogP contribution in [0.5, 0.6) is 0 Å². The van der Waals surface area contributed by atoms with E-state index in [-0.39, 0.29) is 11.2 Å². The van der Waals surface area contributed by atoms with Gasteiger partial charge in [0.15, 0.2) is 11.9 Å². The van der Waals surface area contributed by atoms with Crippen molar-refractivity contribution in [2.24, 2.45) is 0 Å². The fourth-order valence-electron chi connectivity index (χ4n) is 1.37. The van der Waals surface area contributed by atoms with Crippen molar-refractivity contribution in [1.29, 1.82) is 0 Å². The lowest BCUT2D eigenvalue weighted by Crippen LogP contribution is -2.03. The molecule has 1 aromatic heterocycles. The number of nitrogen functional groups attached to an aromatic ring is 1. The van der Waals surface area contributed by atoms with Gasteiger partial charge in [-0.3, -0.25) is 0 Å². The molecule has 2 aromatic rings. The fourth-order valence-corrected chi connectivity index (χ4v) is 2.21. The molecule has 116 valence electrons. The molecule has 2 rings (SSSR count). The van der Waals surface area contributed by atoms with Crippen LogP contribution in [0.1, 0.15) is 11.3 Å². The first-order valence-electron chi connectivity index (χ1n) is 5.66. The molecule has 0 fully saturated rings. The Hall–Kier alpha value is -1.67. The van der Waals surface area contributed by atoms with E-state index >= 15 is 0 Å². The number of anilines is 1. The van der Waals surface area contributed by atoms with E-state index in [0.717, 1.165) is 0 Å². The van der Waals surface area contributed by atoms with Gasteiger partial charge in [0.2, 0.25) is 0 Å². The molecule has 0 aliphatic carbocycles. The Balaban J connectivity index is 0.000000425. The molecule has 8 heteroatoms. The molecule has 0 saturated carbocycles. The minimum absolute atomic E-state index is 0. The van der Waals surface area contributed by atoms with Gasteiger partial charge in [0.05, 0.1) is 10.6 Å². The third-order valence-electron chi connectivity index (χ3n) is 2.42. The van der Waals surface area contributed by atoms with Crippen LogP contribution < -0.4 is 10.7 Å². The number of aryl methyl sites for hydroxylation is 2. The molecule has 5 N–H and O–H groups in total. The van der Waals surface area contributed by atoms with Gasteiger partial charge >= 0.3 is 0 Å². The maximum Gasteiger partial charge on any atom is 0.176 e. The fraction of sp³-hybridized carbons (Fsp3) is 0.154. The second-order valence-electron chi connectivity index (χ2n) is 4.14. The number of pyridine rings is 1. The number of nitrogens with one attached hydrogen (secondary N) is 1. The van der Waals surface area contributed by atoms with Crippen LogP contribution in [-0.4, -0.2) is 18.4 Å². The van der Waals surface area contributed by atoms with E-state index in [1.165, 1.54) is 17.8 Å². The summed E-state index contributed by atoms with van der Waals surface area (Å²) in [7, 11) is -4.51. The summed E-state index contributed by atoms with van der Waals surface area (Å²) in [4.78, 5) is 2.61. The standard InChI is InChI=1S/C7H8ClNO3S.C6H7N.H2O/c1-4-2-7(13(10,11)12)6(9)3-5(4)8;1-6-4-2-3-5-7-6;/h2-3H,9H2,1H3,(H,10,11,12);2-5H,1H3;1H2. The molecule has 0 amide bonds. The number of hydrogen-bond donors (Lipinski definition) is 1. The van der Waals surface area contributed by atoms with Crippen molar-refractivity contribution in [1.82, 2.24) is 0 Å². The summed E-state index contributed by atoms with van der Waals surface area (Å²) in [5.41, 5.74) is 6.89. The third-order valence-corrected chi connectivity index (χ3v) is 3.72. The van der Waals surface area contributed by atoms with Gasteiger partial charge in [0, 0.05) is 24.1 Å². The zero-order valence-electron chi connectivity index (χ0n) is 11.6. The van der Waals surface area contributed by atoms with Gasteiger partial charge in [-0.2, -0.15) is 0 Å². The van der Waals surface area contributed by atoms with E-state index in [2.05, 4.69) is 4.98 Å². The van der Waals surface area contributed by atoms with Crippen LogP contribution in [0.15, 0.2) is 41.4 Å². The zero-order valence-corrected chi connectivity index (χ0v) is 13.1. The molecule has 0 spiro atoms. The molecule has 0 saturated heterocycles. The quantitative estimate of drug-likeness (QED) is 0.619. The highest BCUT2D eigenvalue weighted by atomic mass is 35.5. The highest BCUT2D eigenvalue weighted by Gasteiger charge is 2.08. The minimum Gasteiger partial charge on any atom is -0.744 e. The largest absolute Gasteiger partial charge is 0.744 e. The zero-order chi connectivity index (χ0) is 15.3. The predicted molar refractivity (Wildman–Crippen MR) is 79.9 cm³/mol.